The Bertz CT molecular complexity index is 2650. The molecule has 0 amide bonds. The van der Waals surface area contributed by atoms with Crippen molar-refractivity contribution in [1.29, 1.82) is 0 Å². The lowest BCUT2D eigenvalue weighted by atomic mass is 9.89. The van der Waals surface area contributed by atoms with Crippen LogP contribution in [0.2, 0.25) is 16.6 Å². The summed E-state index contributed by atoms with van der Waals surface area (Å²) in [6.45, 7) is 10.7. The molecular formula is C58H78O12Si. The molecule has 4 heterocycles. The number of hydrogen-bond acceptors (Lipinski definition) is 12. The summed E-state index contributed by atoms with van der Waals surface area (Å²) in [5.74, 6) is -0.993. The highest BCUT2D eigenvalue weighted by Gasteiger charge is 2.62. The zero-order valence-electron chi connectivity index (χ0n) is 49.4. The number of methoxy groups -OCH3 is 1. The zero-order chi connectivity index (χ0) is 55.3. The van der Waals surface area contributed by atoms with Gasteiger partial charge in [-0.05, 0) is 94.5 Å². The standard InChI is InChI=1S/C58H78O12Si/c1-38(2)71(39(3)4,40(5)6)70-54-51(60-35-42-23-24-43-21-13-14-22-44(43)33-42)49-47(36-62-57(68-49)29-15-9-16-30-57)66-56(54)67-52-50-48(37-63-58(69-50)31-17-10-18-32-58)65-55(64-46-27-25-45(59-7)26-28-46)53(52)61-34-41-19-11-8-12-20-41/h8,11-14,19-28,33,38-40,47-56H,9-10,15-18,29-32,34-37H2,1-7H3/t47-,48-,49-,50-,51+,52+,53+,54-,55+,56-/m1/s1/i8D,11D,12D,19D,20D,34D2. The topological polar surface area (TPSA) is 111 Å². The van der Waals surface area contributed by atoms with Crippen molar-refractivity contribution in [3.8, 4) is 11.5 Å². The Morgan fingerprint density at radius 2 is 1.20 bits per heavy atom. The summed E-state index contributed by atoms with van der Waals surface area (Å²) in [4.78, 5) is 0. The van der Waals surface area contributed by atoms with Crippen LogP contribution in [0.5, 0.6) is 11.5 Å². The normalized spacial score (nSPS) is 32.3. The third kappa shape index (κ3) is 10.9. The van der Waals surface area contributed by atoms with Crippen LogP contribution >= 0.6 is 0 Å². The van der Waals surface area contributed by atoms with Gasteiger partial charge in [0.15, 0.2) is 17.9 Å². The minimum absolute atomic E-state index is 0.0667. The molecule has 2 spiro atoms. The van der Waals surface area contributed by atoms with E-state index in [4.69, 9.17) is 63.4 Å². The van der Waals surface area contributed by atoms with Crippen molar-refractivity contribution >= 4 is 19.1 Å². The molecule has 6 aliphatic rings. The number of hydrogen-bond donors (Lipinski definition) is 0. The maximum absolute atomic E-state index is 9.66. The van der Waals surface area contributed by atoms with Crippen molar-refractivity contribution in [2.24, 2.45) is 0 Å². The van der Waals surface area contributed by atoms with Gasteiger partial charge in [-0.3, -0.25) is 0 Å². The molecule has 0 radical (unpaired) electrons. The molecule has 71 heavy (non-hydrogen) atoms. The molecule has 4 saturated heterocycles. The van der Waals surface area contributed by atoms with E-state index in [2.05, 4.69) is 71.9 Å². The van der Waals surface area contributed by atoms with Gasteiger partial charge in [-0.15, -0.1) is 0 Å². The second-order valence-corrected chi connectivity index (χ2v) is 26.7. The molecule has 10 atom stereocenters. The van der Waals surface area contributed by atoms with Gasteiger partial charge in [0, 0.05) is 25.7 Å². The van der Waals surface area contributed by atoms with Crippen molar-refractivity contribution in [1.82, 2.24) is 0 Å². The number of ether oxygens (including phenoxy) is 11. The molecule has 0 unspecified atom stereocenters. The van der Waals surface area contributed by atoms with E-state index >= 15 is 0 Å². The lowest BCUT2D eigenvalue weighted by Gasteiger charge is -2.57. The van der Waals surface area contributed by atoms with Crippen LogP contribution in [-0.2, 0) is 60.2 Å². The van der Waals surface area contributed by atoms with Gasteiger partial charge in [0.25, 0.3) is 0 Å². The largest absolute Gasteiger partial charge is 0.497 e. The summed E-state index contributed by atoms with van der Waals surface area (Å²) >= 11 is 0. The molecular weight excluding hydrogens is 917 g/mol. The average Bonchev–Trinajstić information content (AvgIpc) is 3.56. The van der Waals surface area contributed by atoms with Crippen molar-refractivity contribution < 1.29 is 66.1 Å². The van der Waals surface area contributed by atoms with Gasteiger partial charge in [-0.2, -0.15) is 0 Å². The fraction of sp³-hybridized carbons (Fsp3) is 0.621. The van der Waals surface area contributed by atoms with Gasteiger partial charge in [-0.25, -0.2) is 0 Å². The summed E-state index contributed by atoms with van der Waals surface area (Å²) in [5.41, 5.74) is 0.575. The van der Waals surface area contributed by atoms with Crippen LogP contribution in [0.4, 0.5) is 0 Å². The van der Waals surface area contributed by atoms with Crippen LogP contribution in [0.15, 0.2) is 96.9 Å². The first kappa shape index (κ1) is 42.9. The molecule has 4 aromatic carbocycles. The van der Waals surface area contributed by atoms with E-state index in [0.717, 1.165) is 67.7 Å². The second-order valence-electron chi connectivity index (χ2n) is 21.3. The van der Waals surface area contributed by atoms with Crippen molar-refractivity contribution in [2.45, 2.75) is 209 Å². The molecule has 386 valence electrons. The highest BCUT2D eigenvalue weighted by molar-refractivity contribution is 6.77. The van der Waals surface area contributed by atoms with E-state index in [1.54, 1.807) is 31.4 Å². The first-order chi connectivity index (χ1) is 37.3. The fourth-order valence-electron chi connectivity index (χ4n) is 12.4. The Hall–Kier alpha value is -3.44. The molecule has 2 aliphatic carbocycles. The van der Waals surface area contributed by atoms with Crippen molar-refractivity contribution in [3.63, 3.8) is 0 Å². The van der Waals surface area contributed by atoms with Crippen LogP contribution in [0.3, 0.4) is 0 Å². The van der Waals surface area contributed by atoms with Crippen molar-refractivity contribution in [2.75, 3.05) is 20.3 Å². The van der Waals surface area contributed by atoms with Crippen LogP contribution in [0, 0.1) is 0 Å². The van der Waals surface area contributed by atoms with E-state index in [9.17, 15) is 2.74 Å². The predicted molar refractivity (Wildman–Crippen MR) is 273 cm³/mol. The van der Waals surface area contributed by atoms with E-state index in [1.165, 1.54) is 0 Å². The molecule has 2 saturated carbocycles. The smallest absolute Gasteiger partial charge is 0.229 e. The first-order valence-corrected chi connectivity index (χ1v) is 28.3. The van der Waals surface area contributed by atoms with Crippen molar-refractivity contribution in [3.05, 3.63) is 108 Å². The monoisotopic (exact) mass is 1000 g/mol. The van der Waals surface area contributed by atoms with Gasteiger partial charge in [-0.1, -0.05) is 121 Å². The molecule has 6 fully saturated rings. The van der Waals surface area contributed by atoms with Crippen LogP contribution in [0.1, 0.15) is 126 Å². The lowest BCUT2D eigenvalue weighted by molar-refractivity contribution is -0.428. The Balaban J connectivity index is 1.12. The van der Waals surface area contributed by atoms with Crippen LogP contribution in [-0.4, -0.2) is 102 Å². The minimum atomic E-state index is -3.08. The maximum Gasteiger partial charge on any atom is 0.229 e. The highest BCUT2D eigenvalue weighted by atomic mass is 28.4. The molecule has 4 aliphatic heterocycles. The van der Waals surface area contributed by atoms with Gasteiger partial charge in [0.1, 0.15) is 60.3 Å². The highest BCUT2D eigenvalue weighted by Crippen LogP contribution is 2.49. The maximum atomic E-state index is 9.66. The van der Waals surface area contributed by atoms with Gasteiger partial charge >= 0.3 is 0 Å². The van der Waals surface area contributed by atoms with Crippen LogP contribution < -0.4 is 9.47 Å². The molecule has 12 nitrogen and oxygen atoms in total. The Morgan fingerprint density at radius 1 is 0.620 bits per heavy atom. The molecule has 0 aromatic heterocycles. The first-order valence-electron chi connectivity index (χ1n) is 29.7. The number of fused-ring (bicyclic) bond motifs is 3. The molecule has 4 aromatic rings. The zero-order valence-corrected chi connectivity index (χ0v) is 43.4. The summed E-state index contributed by atoms with van der Waals surface area (Å²) in [6, 6.07) is 17.7. The van der Waals surface area contributed by atoms with E-state index in [0.29, 0.717) is 24.3 Å². The lowest BCUT2D eigenvalue weighted by Crippen LogP contribution is -2.72. The Kier molecular flexibility index (Phi) is 13.4. The minimum Gasteiger partial charge on any atom is -0.497 e. The van der Waals surface area contributed by atoms with Crippen LogP contribution in [0.25, 0.3) is 10.8 Å². The molecule has 0 N–H and O–H groups in total. The number of benzene rings is 4. The second kappa shape index (κ2) is 22.2. The molecule has 0 bridgehead atoms. The van der Waals surface area contributed by atoms with E-state index in [-0.39, 0.29) is 36.4 Å². The van der Waals surface area contributed by atoms with Gasteiger partial charge < -0.3 is 56.5 Å². The Labute approximate surface area is 432 Å². The third-order valence-corrected chi connectivity index (χ3v) is 21.9. The van der Waals surface area contributed by atoms with E-state index < -0.39 is 124 Å². The summed E-state index contributed by atoms with van der Waals surface area (Å²) in [7, 11) is -1.35. The quantitative estimate of drug-likeness (QED) is 0.0997. The Morgan fingerprint density at radius 3 is 1.80 bits per heavy atom. The number of rotatable bonds is 16. The van der Waals surface area contributed by atoms with Gasteiger partial charge in [0.2, 0.25) is 14.6 Å². The van der Waals surface area contributed by atoms with E-state index in [1.807, 2.05) is 12.1 Å². The average molecular weight is 1000 g/mol. The molecule has 10 rings (SSSR count). The summed E-state index contributed by atoms with van der Waals surface area (Å²) < 4.78 is 146. The third-order valence-electron chi connectivity index (χ3n) is 15.8. The SMILES string of the molecule is [2H]c1c([2H])c([2H])c(C([2H])([2H])O[C@@H]2[C@@H](Oc3ccc(OC)cc3)O[C@@H]3COC4(CCCCC4)O[C@H]3[C@@H]2O[C@H]2O[C@@H]3COC4(CCCCC4)O[C@H]3[C@H](OCc3ccc4ccccc4c3)[C@H]2O[Si](C(C)C)(C(C)C)C(C)C)c([2H])c1[2H]. The summed E-state index contributed by atoms with van der Waals surface area (Å²) in [6.07, 6.45) is -2.42. The molecule has 13 heteroatoms. The van der Waals surface area contributed by atoms with Gasteiger partial charge in [0.05, 0.1) is 43.1 Å². The predicted octanol–water partition coefficient (Wildman–Crippen LogP) is 11.9. The summed E-state index contributed by atoms with van der Waals surface area (Å²) in [5, 5.41) is 2.19. The fourth-order valence-corrected chi connectivity index (χ4v) is 17.9.